The predicted molar refractivity (Wildman–Crippen MR) is 117 cm³/mol. The lowest BCUT2D eigenvalue weighted by atomic mass is 10.2. The molecule has 2 amide bonds. The lowest BCUT2D eigenvalue weighted by Crippen LogP contribution is -2.27. The molecule has 7 heteroatoms. The Hall–Kier alpha value is -1.76. The van der Waals surface area contributed by atoms with Crippen molar-refractivity contribution in [1.82, 2.24) is 4.90 Å². The van der Waals surface area contributed by atoms with Crippen molar-refractivity contribution in [3.05, 3.63) is 68.0 Å². The Morgan fingerprint density at radius 2 is 1.96 bits per heavy atom. The molecule has 0 N–H and O–H groups in total. The Morgan fingerprint density at radius 1 is 1.21 bits per heavy atom. The Balaban J connectivity index is 1.76. The van der Waals surface area contributed by atoms with Gasteiger partial charge in [0.25, 0.3) is 11.1 Å². The molecular formula is C21H19BrClNO3S. The van der Waals surface area contributed by atoms with Crippen molar-refractivity contribution in [2.75, 3.05) is 6.61 Å². The number of carbonyl (C=O) groups excluding carboxylic acids is 2. The standard InChI is InChI=1S/C21H19BrClNO3S/c1-13(2)12-27-18-8-7-14(9-16(18)22)10-19-20(25)24(21(26)28-19)11-15-5-3-4-6-17(15)23/h3-10,13H,11-12H2,1-2H3/b19-10+. The van der Waals surface area contributed by atoms with E-state index in [9.17, 15) is 9.59 Å². The number of thioether (sulfide) groups is 1. The molecule has 1 saturated heterocycles. The van der Waals surface area contributed by atoms with Gasteiger partial charge in [-0.2, -0.15) is 0 Å². The average Bonchev–Trinajstić information content (AvgIpc) is 2.90. The molecule has 146 valence electrons. The molecular weight excluding hydrogens is 462 g/mol. The highest BCUT2D eigenvalue weighted by Gasteiger charge is 2.35. The van der Waals surface area contributed by atoms with Crippen LogP contribution in [0.4, 0.5) is 4.79 Å². The first-order valence-corrected chi connectivity index (χ1v) is 10.7. The number of imide groups is 1. The normalized spacial score (nSPS) is 15.8. The van der Waals surface area contributed by atoms with Crippen LogP contribution in [0, 0.1) is 5.92 Å². The van der Waals surface area contributed by atoms with Gasteiger partial charge in [0.05, 0.1) is 22.5 Å². The zero-order chi connectivity index (χ0) is 20.3. The minimum atomic E-state index is -0.314. The van der Waals surface area contributed by atoms with Crippen molar-refractivity contribution in [3.8, 4) is 5.75 Å². The predicted octanol–water partition coefficient (Wildman–Crippen LogP) is 6.37. The second-order valence-corrected chi connectivity index (χ2v) is 9.01. The van der Waals surface area contributed by atoms with Crippen molar-refractivity contribution in [1.29, 1.82) is 0 Å². The van der Waals surface area contributed by atoms with Crippen LogP contribution in [0.3, 0.4) is 0 Å². The van der Waals surface area contributed by atoms with Crippen LogP contribution in [0.2, 0.25) is 5.02 Å². The molecule has 0 aromatic heterocycles. The van der Waals surface area contributed by atoms with Gasteiger partial charge >= 0.3 is 0 Å². The zero-order valence-corrected chi connectivity index (χ0v) is 18.6. The first-order chi connectivity index (χ1) is 13.3. The van der Waals surface area contributed by atoms with Gasteiger partial charge in [-0.25, -0.2) is 0 Å². The average molecular weight is 481 g/mol. The summed E-state index contributed by atoms with van der Waals surface area (Å²) in [5.41, 5.74) is 1.55. The van der Waals surface area contributed by atoms with Gasteiger partial charge in [-0.1, -0.05) is 49.7 Å². The minimum absolute atomic E-state index is 0.160. The van der Waals surface area contributed by atoms with E-state index in [1.165, 1.54) is 4.90 Å². The highest BCUT2D eigenvalue weighted by Crippen LogP contribution is 2.35. The van der Waals surface area contributed by atoms with Gasteiger partial charge < -0.3 is 4.74 Å². The summed E-state index contributed by atoms with van der Waals surface area (Å²) in [6.07, 6.45) is 1.72. The first kappa shape index (κ1) is 21.0. The fraction of sp³-hybridized carbons (Fsp3) is 0.238. The van der Waals surface area contributed by atoms with Crippen LogP contribution < -0.4 is 4.74 Å². The molecule has 0 atom stereocenters. The number of nitrogens with zero attached hydrogens (tertiary/aromatic N) is 1. The van der Waals surface area contributed by atoms with Crippen LogP contribution in [0.5, 0.6) is 5.75 Å². The van der Waals surface area contributed by atoms with Crippen LogP contribution in [-0.2, 0) is 11.3 Å². The smallest absolute Gasteiger partial charge is 0.293 e. The molecule has 0 saturated carbocycles. The van der Waals surface area contributed by atoms with Crippen LogP contribution in [0.25, 0.3) is 6.08 Å². The summed E-state index contributed by atoms with van der Waals surface area (Å²) in [6.45, 7) is 4.95. The van der Waals surface area contributed by atoms with Gasteiger partial charge in [0.1, 0.15) is 5.75 Å². The molecule has 2 aromatic rings. The zero-order valence-electron chi connectivity index (χ0n) is 15.4. The van der Waals surface area contributed by atoms with E-state index < -0.39 is 0 Å². The first-order valence-electron chi connectivity index (χ1n) is 8.76. The van der Waals surface area contributed by atoms with Crippen molar-refractivity contribution in [2.24, 2.45) is 5.92 Å². The number of benzene rings is 2. The van der Waals surface area contributed by atoms with E-state index in [0.29, 0.717) is 22.5 Å². The maximum atomic E-state index is 12.7. The Morgan fingerprint density at radius 3 is 2.64 bits per heavy atom. The number of halogens is 2. The summed E-state index contributed by atoms with van der Waals surface area (Å²) in [5, 5.41) is 0.235. The number of carbonyl (C=O) groups is 2. The summed E-state index contributed by atoms with van der Waals surface area (Å²) in [5.74, 6) is 0.861. The molecule has 0 aliphatic carbocycles. The summed E-state index contributed by atoms with van der Waals surface area (Å²) in [7, 11) is 0. The highest BCUT2D eigenvalue weighted by atomic mass is 79.9. The molecule has 28 heavy (non-hydrogen) atoms. The molecule has 2 aromatic carbocycles. The van der Waals surface area contributed by atoms with Gasteiger partial charge in [-0.3, -0.25) is 14.5 Å². The van der Waals surface area contributed by atoms with E-state index in [4.69, 9.17) is 16.3 Å². The van der Waals surface area contributed by atoms with Gasteiger partial charge in [0.15, 0.2) is 0 Å². The Kier molecular flexibility index (Phi) is 6.86. The molecule has 0 spiro atoms. The number of hydrogen-bond donors (Lipinski definition) is 0. The second-order valence-electron chi connectivity index (χ2n) is 6.75. The Labute approximate surface area is 182 Å². The molecule has 4 nitrogen and oxygen atoms in total. The lowest BCUT2D eigenvalue weighted by molar-refractivity contribution is -0.123. The van der Waals surface area contributed by atoms with Gasteiger partial charge in [-0.15, -0.1) is 0 Å². The minimum Gasteiger partial charge on any atom is -0.492 e. The lowest BCUT2D eigenvalue weighted by Gasteiger charge is -2.13. The summed E-state index contributed by atoms with van der Waals surface area (Å²) in [4.78, 5) is 26.6. The molecule has 0 bridgehead atoms. The summed E-state index contributed by atoms with van der Waals surface area (Å²) in [6, 6.07) is 12.8. The van der Waals surface area contributed by atoms with Crippen molar-refractivity contribution < 1.29 is 14.3 Å². The third-order valence-electron chi connectivity index (χ3n) is 3.99. The molecule has 1 heterocycles. The SMILES string of the molecule is CC(C)COc1ccc(/C=C2/SC(=O)N(Cc3ccccc3Cl)C2=O)cc1Br. The maximum absolute atomic E-state index is 12.7. The van der Waals surface area contributed by atoms with Crippen molar-refractivity contribution in [3.63, 3.8) is 0 Å². The van der Waals surface area contributed by atoms with E-state index in [1.54, 1.807) is 12.1 Å². The third kappa shape index (κ3) is 4.99. The van der Waals surface area contributed by atoms with Crippen LogP contribution in [0.15, 0.2) is 51.8 Å². The van der Waals surface area contributed by atoms with E-state index in [0.717, 1.165) is 33.1 Å². The van der Waals surface area contributed by atoms with E-state index in [2.05, 4.69) is 29.8 Å². The fourth-order valence-corrected chi connectivity index (χ4v) is 4.11. The van der Waals surface area contributed by atoms with Crippen molar-refractivity contribution in [2.45, 2.75) is 20.4 Å². The van der Waals surface area contributed by atoms with Gasteiger partial charge in [-0.05, 0) is 69.0 Å². The topological polar surface area (TPSA) is 46.6 Å². The maximum Gasteiger partial charge on any atom is 0.293 e. The van der Waals surface area contributed by atoms with Gasteiger partial charge in [0, 0.05) is 5.02 Å². The molecule has 1 aliphatic rings. The van der Waals surface area contributed by atoms with Crippen LogP contribution in [0.1, 0.15) is 25.0 Å². The van der Waals surface area contributed by atoms with Crippen molar-refractivity contribution >= 4 is 56.5 Å². The fourth-order valence-electron chi connectivity index (χ4n) is 2.57. The second kappa shape index (κ2) is 9.16. The van der Waals surface area contributed by atoms with E-state index in [-0.39, 0.29) is 17.7 Å². The number of hydrogen-bond acceptors (Lipinski definition) is 4. The molecule has 0 radical (unpaired) electrons. The quantitative estimate of drug-likeness (QED) is 0.450. The summed E-state index contributed by atoms with van der Waals surface area (Å²) >= 11 is 10.6. The molecule has 3 rings (SSSR count). The highest BCUT2D eigenvalue weighted by molar-refractivity contribution is 9.10. The Bertz CT molecular complexity index is 945. The van der Waals surface area contributed by atoms with Crippen LogP contribution in [-0.4, -0.2) is 22.7 Å². The monoisotopic (exact) mass is 479 g/mol. The number of ether oxygens (including phenoxy) is 1. The molecule has 0 unspecified atom stereocenters. The van der Waals surface area contributed by atoms with E-state index in [1.807, 2.05) is 36.4 Å². The number of amides is 2. The number of rotatable bonds is 6. The van der Waals surface area contributed by atoms with Crippen LogP contribution >= 0.6 is 39.3 Å². The summed E-state index contributed by atoms with van der Waals surface area (Å²) < 4.78 is 6.54. The van der Waals surface area contributed by atoms with Gasteiger partial charge in [0.2, 0.25) is 0 Å². The van der Waals surface area contributed by atoms with E-state index >= 15 is 0 Å². The third-order valence-corrected chi connectivity index (χ3v) is 5.88. The largest absolute Gasteiger partial charge is 0.492 e. The molecule has 1 aliphatic heterocycles. The molecule has 1 fully saturated rings.